The zero-order chi connectivity index (χ0) is 17.1. The second-order valence-electron chi connectivity index (χ2n) is 6.62. The Hall–Kier alpha value is -1.17. The predicted octanol–water partition coefficient (Wildman–Crippen LogP) is 0.295. The Balaban J connectivity index is 1.92. The average Bonchev–Trinajstić information content (AvgIpc) is 2.54. The van der Waals surface area contributed by atoms with Crippen LogP contribution in [-0.2, 0) is 14.8 Å². The first kappa shape index (κ1) is 18.2. The highest BCUT2D eigenvalue weighted by atomic mass is 32.2. The molecule has 7 nitrogen and oxygen atoms in total. The number of amides is 1. The van der Waals surface area contributed by atoms with Gasteiger partial charge in [-0.15, -0.1) is 0 Å². The zero-order valence-corrected chi connectivity index (χ0v) is 14.7. The average molecular weight is 342 g/mol. The monoisotopic (exact) mass is 342 g/mol. The number of hydrogen-bond donors (Lipinski definition) is 1. The number of nitriles is 1. The lowest BCUT2D eigenvalue weighted by Gasteiger charge is -2.38. The Kier molecular flexibility index (Phi) is 5.65. The number of hydrogen-bond acceptors (Lipinski definition) is 5. The summed E-state index contributed by atoms with van der Waals surface area (Å²) in [5.74, 6) is -0.138. The van der Waals surface area contributed by atoms with Crippen LogP contribution in [0, 0.1) is 11.3 Å². The van der Waals surface area contributed by atoms with E-state index in [1.54, 1.807) is 0 Å². The molecule has 1 saturated heterocycles. The largest absolute Gasteiger partial charge is 0.336 e. The van der Waals surface area contributed by atoms with E-state index >= 15 is 0 Å². The van der Waals surface area contributed by atoms with Gasteiger partial charge in [-0.2, -0.15) is 9.57 Å². The number of nitrogens with zero attached hydrogens (tertiary/aromatic N) is 3. The molecule has 1 N–H and O–H groups in total. The Bertz CT molecular complexity index is 570. The van der Waals surface area contributed by atoms with Crippen molar-refractivity contribution in [3.05, 3.63) is 0 Å². The lowest BCUT2D eigenvalue weighted by atomic mass is 9.82. The van der Waals surface area contributed by atoms with Crippen LogP contribution in [0.15, 0.2) is 0 Å². The van der Waals surface area contributed by atoms with Gasteiger partial charge in [0.25, 0.3) is 0 Å². The SMILES string of the molecule is CC(C(=O)NC1(C#N)CCCCC1)N1CCN(S(C)(=O)=O)CC1. The molecule has 1 amide bonds. The van der Waals surface area contributed by atoms with Crippen molar-refractivity contribution in [2.75, 3.05) is 32.4 Å². The number of piperazine rings is 1. The molecule has 2 rings (SSSR count). The summed E-state index contributed by atoms with van der Waals surface area (Å²) in [6.45, 7) is 3.68. The lowest BCUT2D eigenvalue weighted by Crippen LogP contribution is -2.58. The van der Waals surface area contributed by atoms with Gasteiger partial charge in [-0.25, -0.2) is 8.42 Å². The molecule has 0 aromatic carbocycles. The maximum atomic E-state index is 12.5. The normalized spacial score (nSPS) is 24.6. The predicted molar refractivity (Wildman–Crippen MR) is 87.0 cm³/mol. The topological polar surface area (TPSA) is 93.5 Å². The molecule has 0 spiro atoms. The Morgan fingerprint density at radius 2 is 1.74 bits per heavy atom. The molecule has 1 unspecified atom stereocenters. The molecule has 1 heterocycles. The molecule has 0 aromatic heterocycles. The van der Waals surface area contributed by atoms with E-state index in [2.05, 4.69) is 11.4 Å². The van der Waals surface area contributed by atoms with Crippen molar-refractivity contribution < 1.29 is 13.2 Å². The molecular weight excluding hydrogens is 316 g/mol. The standard InChI is InChI=1S/C15H26N4O3S/c1-13(18-8-10-19(11-9-18)23(2,21)22)14(20)17-15(12-16)6-4-3-5-7-15/h13H,3-11H2,1-2H3,(H,17,20). The highest BCUT2D eigenvalue weighted by Crippen LogP contribution is 2.27. The molecule has 130 valence electrons. The number of rotatable bonds is 4. The molecule has 1 aliphatic carbocycles. The van der Waals surface area contributed by atoms with Crippen molar-refractivity contribution in [1.29, 1.82) is 5.26 Å². The van der Waals surface area contributed by atoms with Crippen molar-refractivity contribution in [3.8, 4) is 6.07 Å². The van der Waals surface area contributed by atoms with E-state index in [1.165, 1.54) is 10.6 Å². The van der Waals surface area contributed by atoms with E-state index in [0.717, 1.165) is 19.3 Å². The van der Waals surface area contributed by atoms with Gasteiger partial charge in [0.05, 0.1) is 18.4 Å². The van der Waals surface area contributed by atoms with E-state index in [0.29, 0.717) is 39.0 Å². The van der Waals surface area contributed by atoms with Crippen LogP contribution >= 0.6 is 0 Å². The van der Waals surface area contributed by atoms with Crippen molar-refractivity contribution in [2.45, 2.75) is 50.6 Å². The number of carbonyl (C=O) groups is 1. The highest BCUT2D eigenvalue weighted by molar-refractivity contribution is 7.88. The number of sulfonamides is 1. The van der Waals surface area contributed by atoms with E-state index < -0.39 is 15.6 Å². The molecule has 0 bridgehead atoms. The summed E-state index contributed by atoms with van der Waals surface area (Å²) in [4.78, 5) is 14.5. The molecular formula is C15H26N4O3S. The van der Waals surface area contributed by atoms with Crippen molar-refractivity contribution in [2.24, 2.45) is 0 Å². The molecule has 1 saturated carbocycles. The van der Waals surface area contributed by atoms with Crippen LogP contribution in [0.3, 0.4) is 0 Å². The summed E-state index contributed by atoms with van der Waals surface area (Å²) in [6.07, 6.45) is 5.68. The van der Waals surface area contributed by atoms with Crippen molar-refractivity contribution >= 4 is 15.9 Å². The van der Waals surface area contributed by atoms with Gasteiger partial charge in [0.1, 0.15) is 5.54 Å². The summed E-state index contributed by atoms with van der Waals surface area (Å²) >= 11 is 0. The molecule has 0 radical (unpaired) electrons. The lowest BCUT2D eigenvalue weighted by molar-refractivity contribution is -0.128. The van der Waals surface area contributed by atoms with Crippen LogP contribution in [0.2, 0.25) is 0 Å². The van der Waals surface area contributed by atoms with Crippen LogP contribution in [0.5, 0.6) is 0 Å². The van der Waals surface area contributed by atoms with Crippen LogP contribution in [0.1, 0.15) is 39.0 Å². The minimum absolute atomic E-state index is 0.138. The minimum Gasteiger partial charge on any atom is -0.336 e. The minimum atomic E-state index is -3.17. The van der Waals surface area contributed by atoms with Gasteiger partial charge in [-0.05, 0) is 19.8 Å². The van der Waals surface area contributed by atoms with E-state index in [9.17, 15) is 18.5 Å². The Morgan fingerprint density at radius 3 is 2.22 bits per heavy atom. The Morgan fingerprint density at radius 1 is 1.17 bits per heavy atom. The van der Waals surface area contributed by atoms with Crippen LogP contribution in [0.4, 0.5) is 0 Å². The van der Waals surface area contributed by atoms with Gasteiger partial charge in [-0.1, -0.05) is 19.3 Å². The first-order valence-corrected chi connectivity index (χ1v) is 10.0. The van der Waals surface area contributed by atoms with Crippen LogP contribution in [-0.4, -0.2) is 67.5 Å². The van der Waals surface area contributed by atoms with Crippen molar-refractivity contribution in [1.82, 2.24) is 14.5 Å². The van der Waals surface area contributed by atoms with Gasteiger partial charge >= 0.3 is 0 Å². The molecule has 2 aliphatic rings. The highest BCUT2D eigenvalue weighted by Gasteiger charge is 2.36. The summed E-state index contributed by atoms with van der Waals surface area (Å²) in [5, 5.41) is 12.4. The quantitative estimate of drug-likeness (QED) is 0.793. The van der Waals surface area contributed by atoms with E-state index in [4.69, 9.17) is 0 Å². The van der Waals surface area contributed by atoms with Gasteiger partial charge in [0.2, 0.25) is 15.9 Å². The smallest absolute Gasteiger partial charge is 0.238 e. The molecule has 8 heteroatoms. The molecule has 0 aromatic rings. The fourth-order valence-corrected chi connectivity index (χ4v) is 4.18. The third-order valence-electron chi connectivity index (χ3n) is 4.95. The fourth-order valence-electron chi connectivity index (χ4n) is 3.35. The van der Waals surface area contributed by atoms with E-state index in [1.807, 2.05) is 11.8 Å². The zero-order valence-electron chi connectivity index (χ0n) is 13.9. The Labute approximate surface area is 138 Å². The summed E-state index contributed by atoms with van der Waals surface area (Å²) in [5.41, 5.74) is -0.724. The second-order valence-corrected chi connectivity index (χ2v) is 8.60. The van der Waals surface area contributed by atoms with Gasteiger partial charge in [-0.3, -0.25) is 9.69 Å². The molecule has 1 aliphatic heterocycles. The number of carbonyl (C=O) groups excluding carboxylic acids is 1. The van der Waals surface area contributed by atoms with Crippen molar-refractivity contribution in [3.63, 3.8) is 0 Å². The van der Waals surface area contributed by atoms with Crippen LogP contribution < -0.4 is 5.32 Å². The van der Waals surface area contributed by atoms with Crippen LogP contribution in [0.25, 0.3) is 0 Å². The molecule has 23 heavy (non-hydrogen) atoms. The summed E-state index contributed by atoms with van der Waals surface area (Å²) in [6, 6.07) is 1.94. The first-order valence-electron chi connectivity index (χ1n) is 8.20. The summed E-state index contributed by atoms with van der Waals surface area (Å²) in [7, 11) is -3.17. The molecule has 1 atom stereocenters. The maximum absolute atomic E-state index is 12.5. The van der Waals surface area contributed by atoms with E-state index in [-0.39, 0.29) is 11.9 Å². The third kappa shape index (κ3) is 4.43. The molecule has 2 fully saturated rings. The van der Waals surface area contributed by atoms with Gasteiger partial charge < -0.3 is 5.32 Å². The fraction of sp³-hybridized carbons (Fsp3) is 0.867. The summed E-state index contributed by atoms with van der Waals surface area (Å²) < 4.78 is 24.5. The number of nitrogens with one attached hydrogen (secondary N) is 1. The second kappa shape index (κ2) is 7.16. The van der Waals surface area contributed by atoms with Gasteiger partial charge in [0.15, 0.2) is 0 Å². The third-order valence-corrected chi connectivity index (χ3v) is 6.26. The first-order chi connectivity index (χ1) is 10.8. The van der Waals surface area contributed by atoms with Gasteiger partial charge in [0, 0.05) is 26.2 Å². The maximum Gasteiger partial charge on any atom is 0.238 e.